The lowest BCUT2D eigenvalue weighted by atomic mass is 10.1. The normalized spacial score (nSPS) is 13.1. The van der Waals surface area contributed by atoms with E-state index >= 15 is 0 Å². The molecule has 3 aromatic rings. The molecule has 1 aromatic heterocycles. The van der Waals surface area contributed by atoms with Gasteiger partial charge in [-0.2, -0.15) is 0 Å². The quantitative estimate of drug-likeness (QED) is 0.615. The molecule has 1 aliphatic carbocycles. The molecule has 0 bridgehead atoms. The third-order valence-corrected chi connectivity index (χ3v) is 4.67. The molecule has 0 unspecified atom stereocenters. The van der Waals surface area contributed by atoms with E-state index in [2.05, 4.69) is 26.2 Å². The second-order valence-electron chi connectivity index (χ2n) is 7.07. The maximum absolute atomic E-state index is 12.2. The van der Waals surface area contributed by atoms with E-state index in [1.54, 1.807) is 0 Å². The highest BCUT2D eigenvalue weighted by Gasteiger charge is 2.28. The molecule has 0 saturated heterocycles. The zero-order valence-corrected chi connectivity index (χ0v) is 15.9. The lowest BCUT2D eigenvalue weighted by Gasteiger charge is -2.09. The molecule has 29 heavy (non-hydrogen) atoms. The fourth-order valence-electron chi connectivity index (χ4n) is 3.07. The van der Waals surface area contributed by atoms with Crippen molar-refractivity contribution < 1.29 is 9.59 Å². The van der Waals surface area contributed by atoms with Crippen molar-refractivity contribution in [1.82, 2.24) is 25.5 Å². The zero-order valence-electron chi connectivity index (χ0n) is 15.9. The third kappa shape index (κ3) is 5.04. The second-order valence-corrected chi connectivity index (χ2v) is 7.07. The molecule has 0 aliphatic heterocycles. The van der Waals surface area contributed by atoms with Crippen molar-refractivity contribution in [3.63, 3.8) is 0 Å². The SMILES string of the molecule is O=C(Cc1ccccc1)NCCC(=O)Nc1cccc(-c2nnnn2C2CC2)c1. The minimum atomic E-state index is -0.163. The summed E-state index contributed by atoms with van der Waals surface area (Å²) in [6.45, 7) is 0.289. The van der Waals surface area contributed by atoms with Gasteiger partial charge >= 0.3 is 0 Å². The molecule has 0 spiro atoms. The number of hydrogen-bond acceptors (Lipinski definition) is 5. The summed E-state index contributed by atoms with van der Waals surface area (Å²) in [6.07, 6.45) is 2.68. The lowest BCUT2D eigenvalue weighted by Crippen LogP contribution is -2.28. The first kappa shape index (κ1) is 18.8. The second kappa shape index (κ2) is 8.64. The molecular formula is C21H22N6O2. The average molecular weight is 390 g/mol. The first-order valence-electron chi connectivity index (χ1n) is 9.68. The van der Waals surface area contributed by atoms with Gasteiger partial charge in [0.25, 0.3) is 0 Å². The topological polar surface area (TPSA) is 102 Å². The van der Waals surface area contributed by atoms with Gasteiger partial charge in [0.2, 0.25) is 11.8 Å². The van der Waals surface area contributed by atoms with Crippen LogP contribution in [0.25, 0.3) is 11.4 Å². The van der Waals surface area contributed by atoms with Crippen LogP contribution in [0.15, 0.2) is 54.6 Å². The van der Waals surface area contributed by atoms with Gasteiger partial charge in [-0.15, -0.1) is 5.10 Å². The predicted octanol–water partition coefficient (Wildman–Crippen LogP) is 2.36. The number of tetrazole rings is 1. The van der Waals surface area contributed by atoms with Crippen molar-refractivity contribution in [2.24, 2.45) is 0 Å². The Hall–Kier alpha value is -3.55. The van der Waals surface area contributed by atoms with Gasteiger partial charge in [-0.1, -0.05) is 42.5 Å². The molecule has 8 heteroatoms. The Labute approximate surface area is 168 Å². The van der Waals surface area contributed by atoms with Gasteiger partial charge in [-0.3, -0.25) is 9.59 Å². The van der Waals surface area contributed by atoms with Gasteiger partial charge in [0.1, 0.15) is 0 Å². The Bertz CT molecular complexity index is 997. The molecule has 2 aromatic carbocycles. The Morgan fingerprint density at radius 2 is 1.86 bits per heavy atom. The Kier molecular flexibility index (Phi) is 5.60. The van der Waals surface area contributed by atoms with E-state index in [9.17, 15) is 9.59 Å². The van der Waals surface area contributed by atoms with Crippen LogP contribution in [0.3, 0.4) is 0 Å². The number of nitrogens with one attached hydrogen (secondary N) is 2. The molecule has 1 fully saturated rings. The van der Waals surface area contributed by atoms with E-state index in [1.165, 1.54) is 0 Å². The summed E-state index contributed by atoms with van der Waals surface area (Å²) in [5.74, 6) is 0.443. The number of benzene rings is 2. The summed E-state index contributed by atoms with van der Waals surface area (Å²) in [4.78, 5) is 24.2. The summed E-state index contributed by atoms with van der Waals surface area (Å²) in [6, 6.07) is 17.3. The van der Waals surface area contributed by atoms with Crippen LogP contribution < -0.4 is 10.6 Å². The highest BCUT2D eigenvalue weighted by molar-refractivity contribution is 5.91. The van der Waals surface area contributed by atoms with Gasteiger partial charge in [0.05, 0.1) is 12.5 Å². The highest BCUT2D eigenvalue weighted by Crippen LogP contribution is 2.36. The van der Waals surface area contributed by atoms with E-state index in [4.69, 9.17) is 0 Å². The first-order chi connectivity index (χ1) is 14.2. The van der Waals surface area contributed by atoms with E-state index in [-0.39, 0.29) is 24.8 Å². The van der Waals surface area contributed by atoms with Crippen molar-refractivity contribution in [3.8, 4) is 11.4 Å². The van der Waals surface area contributed by atoms with E-state index in [1.807, 2.05) is 59.3 Å². The van der Waals surface area contributed by atoms with Gasteiger partial charge in [0.15, 0.2) is 5.82 Å². The van der Waals surface area contributed by atoms with Crippen molar-refractivity contribution >= 4 is 17.5 Å². The maximum Gasteiger partial charge on any atom is 0.226 e. The summed E-state index contributed by atoms with van der Waals surface area (Å²) >= 11 is 0. The standard InChI is InChI=1S/C21H22N6O2/c28-19(11-12-22-20(29)13-15-5-2-1-3-6-15)23-17-8-4-7-16(14-17)21-24-25-26-27(21)18-9-10-18/h1-8,14,18H,9-13H2,(H,22,29)(H,23,28). The zero-order chi connectivity index (χ0) is 20.1. The van der Waals surface area contributed by atoms with E-state index < -0.39 is 0 Å². The fraction of sp³-hybridized carbons (Fsp3) is 0.286. The van der Waals surface area contributed by atoms with Gasteiger partial charge in [-0.25, -0.2) is 4.68 Å². The minimum Gasteiger partial charge on any atom is -0.355 e. The Morgan fingerprint density at radius 3 is 2.66 bits per heavy atom. The van der Waals surface area contributed by atoms with Gasteiger partial charge < -0.3 is 10.6 Å². The minimum absolute atomic E-state index is 0.0992. The van der Waals surface area contributed by atoms with E-state index in [0.717, 1.165) is 24.0 Å². The maximum atomic E-state index is 12.2. The molecule has 148 valence electrons. The summed E-state index contributed by atoms with van der Waals surface area (Å²) < 4.78 is 1.84. The number of hydrogen-bond donors (Lipinski definition) is 2. The summed E-state index contributed by atoms with van der Waals surface area (Å²) in [7, 11) is 0. The molecule has 0 radical (unpaired) electrons. The lowest BCUT2D eigenvalue weighted by molar-refractivity contribution is -0.120. The van der Waals surface area contributed by atoms with Crippen LogP contribution in [0.2, 0.25) is 0 Å². The number of amides is 2. The molecule has 8 nitrogen and oxygen atoms in total. The molecule has 1 heterocycles. The summed E-state index contributed by atoms with van der Waals surface area (Å²) in [5.41, 5.74) is 2.48. The van der Waals surface area contributed by atoms with Crippen LogP contribution in [0, 0.1) is 0 Å². The number of rotatable bonds is 8. The number of nitrogens with zero attached hydrogens (tertiary/aromatic N) is 4. The van der Waals surface area contributed by atoms with Crippen molar-refractivity contribution in [1.29, 1.82) is 0 Å². The molecule has 0 atom stereocenters. The number of carbonyl (C=O) groups excluding carboxylic acids is 2. The van der Waals surface area contributed by atoms with Crippen LogP contribution in [-0.2, 0) is 16.0 Å². The molecule has 1 aliphatic rings. The largest absolute Gasteiger partial charge is 0.355 e. The average Bonchev–Trinajstić information content (AvgIpc) is 3.45. The van der Waals surface area contributed by atoms with Crippen LogP contribution in [-0.4, -0.2) is 38.6 Å². The van der Waals surface area contributed by atoms with Crippen molar-refractivity contribution in [2.45, 2.75) is 31.7 Å². The van der Waals surface area contributed by atoms with Crippen LogP contribution in [0.4, 0.5) is 5.69 Å². The molecule has 2 N–H and O–H groups in total. The molecule has 2 amide bonds. The number of aromatic nitrogens is 4. The smallest absolute Gasteiger partial charge is 0.226 e. The van der Waals surface area contributed by atoms with Gasteiger partial charge in [-0.05, 0) is 41.0 Å². The summed E-state index contributed by atoms with van der Waals surface area (Å²) in [5, 5.41) is 17.6. The van der Waals surface area contributed by atoms with Crippen LogP contribution in [0.5, 0.6) is 0 Å². The van der Waals surface area contributed by atoms with Crippen LogP contribution >= 0.6 is 0 Å². The Morgan fingerprint density at radius 1 is 1.03 bits per heavy atom. The van der Waals surface area contributed by atoms with Crippen molar-refractivity contribution in [2.75, 3.05) is 11.9 Å². The van der Waals surface area contributed by atoms with E-state index in [0.29, 0.717) is 24.0 Å². The molecular weight excluding hydrogens is 368 g/mol. The Balaban J connectivity index is 1.27. The predicted molar refractivity (Wildman–Crippen MR) is 108 cm³/mol. The fourth-order valence-corrected chi connectivity index (χ4v) is 3.07. The first-order valence-corrected chi connectivity index (χ1v) is 9.68. The monoisotopic (exact) mass is 390 g/mol. The molecule has 4 rings (SSSR count). The highest BCUT2D eigenvalue weighted by atomic mass is 16.2. The number of anilines is 1. The third-order valence-electron chi connectivity index (χ3n) is 4.67. The number of carbonyl (C=O) groups is 2. The van der Waals surface area contributed by atoms with Gasteiger partial charge in [0, 0.05) is 24.2 Å². The van der Waals surface area contributed by atoms with Crippen LogP contribution in [0.1, 0.15) is 30.9 Å². The molecule has 1 saturated carbocycles. The van der Waals surface area contributed by atoms with Crippen molar-refractivity contribution in [3.05, 3.63) is 60.2 Å².